The number of rotatable bonds is 1. The molecule has 0 N–H and O–H groups in total. The average molecular weight is 165 g/mol. The fourth-order valence-corrected chi connectivity index (χ4v) is 1.39. The van der Waals surface area contributed by atoms with E-state index in [0.717, 1.165) is 11.1 Å². The van der Waals surface area contributed by atoms with Crippen molar-refractivity contribution in [2.24, 2.45) is 0 Å². The maximum Gasteiger partial charge on any atom is 0.181 e. The van der Waals surface area contributed by atoms with Crippen molar-refractivity contribution in [3.63, 3.8) is 0 Å². The van der Waals surface area contributed by atoms with E-state index in [9.17, 15) is 0 Å². The van der Waals surface area contributed by atoms with Crippen LogP contribution in [0.15, 0.2) is 33.9 Å². The van der Waals surface area contributed by atoms with Crippen LogP contribution in [0.25, 0.3) is 11.1 Å². The molecule has 3 heteroatoms. The molecule has 0 aliphatic heterocycles. The van der Waals surface area contributed by atoms with Gasteiger partial charge in [-0.3, -0.25) is 0 Å². The third kappa shape index (κ3) is 1.12. The monoisotopic (exact) mass is 165 g/mol. The highest BCUT2D eigenvalue weighted by Crippen LogP contribution is 2.20. The van der Waals surface area contributed by atoms with Crippen LogP contribution in [0, 0.1) is 0 Å². The van der Waals surface area contributed by atoms with Gasteiger partial charge < -0.3 is 4.42 Å². The van der Waals surface area contributed by atoms with Crippen LogP contribution >= 0.6 is 11.8 Å². The molecule has 0 saturated heterocycles. The predicted octanol–water partition coefficient (Wildman–Crippen LogP) is 2.55. The van der Waals surface area contributed by atoms with Crippen LogP contribution in [0.5, 0.6) is 0 Å². The van der Waals surface area contributed by atoms with Gasteiger partial charge >= 0.3 is 0 Å². The topological polar surface area (TPSA) is 26.0 Å². The highest BCUT2D eigenvalue weighted by molar-refractivity contribution is 7.98. The zero-order valence-corrected chi connectivity index (χ0v) is 6.89. The van der Waals surface area contributed by atoms with E-state index in [-0.39, 0.29) is 0 Å². The molecule has 0 radical (unpaired) electrons. The highest BCUT2D eigenvalue weighted by atomic mass is 32.2. The molecule has 0 aliphatic rings. The summed E-state index contributed by atoms with van der Waals surface area (Å²) in [5.74, 6) is 0. The minimum atomic E-state index is 0.858. The summed E-state index contributed by atoms with van der Waals surface area (Å²) in [6, 6.07) is 5.99. The van der Waals surface area contributed by atoms with Crippen LogP contribution < -0.4 is 0 Å². The number of nitrogens with zero attached hydrogens (tertiary/aromatic N) is 1. The molecule has 1 aromatic heterocycles. The summed E-state index contributed by atoms with van der Waals surface area (Å²) in [5.41, 5.74) is 1.78. The highest BCUT2D eigenvalue weighted by Gasteiger charge is 1.97. The van der Waals surface area contributed by atoms with Gasteiger partial charge in [0, 0.05) is 4.90 Å². The minimum absolute atomic E-state index is 0.858. The van der Waals surface area contributed by atoms with E-state index < -0.39 is 0 Å². The molecule has 0 aliphatic carbocycles. The summed E-state index contributed by atoms with van der Waals surface area (Å²) in [5, 5.41) is 0. The third-order valence-electron chi connectivity index (χ3n) is 1.54. The molecule has 2 aromatic rings. The molecule has 0 saturated carbocycles. The summed E-state index contributed by atoms with van der Waals surface area (Å²) in [6.07, 6.45) is 3.51. The Kier molecular flexibility index (Phi) is 1.58. The summed E-state index contributed by atoms with van der Waals surface area (Å²) < 4.78 is 5.14. The maximum absolute atomic E-state index is 5.14. The smallest absolute Gasteiger partial charge is 0.181 e. The third-order valence-corrected chi connectivity index (χ3v) is 2.26. The van der Waals surface area contributed by atoms with Crippen molar-refractivity contribution in [2.75, 3.05) is 6.26 Å². The largest absolute Gasteiger partial charge is 0.443 e. The van der Waals surface area contributed by atoms with Gasteiger partial charge in [-0.05, 0) is 24.5 Å². The van der Waals surface area contributed by atoms with E-state index >= 15 is 0 Å². The molecular formula is C8H7NOS. The number of thioether (sulfide) groups is 1. The summed E-state index contributed by atoms with van der Waals surface area (Å²) in [7, 11) is 0. The Morgan fingerprint density at radius 1 is 1.45 bits per heavy atom. The summed E-state index contributed by atoms with van der Waals surface area (Å²) in [4.78, 5) is 5.22. The molecule has 0 amide bonds. The lowest BCUT2D eigenvalue weighted by Gasteiger charge is -1.92. The molecule has 0 bridgehead atoms. The quantitative estimate of drug-likeness (QED) is 0.607. The van der Waals surface area contributed by atoms with Crippen molar-refractivity contribution >= 4 is 22.9 Å². The van der Waals surface area contributed by atoms with E-state index in [4.69, 9.17) is 4.42 Å². The zero-order chi connectivity index (χ0) is 7.68. The molecule has 11 heavy (non-hydrogen) atoms. The van der Waals surface area contributed by atoms with Gasteiger partial charge in [0.05, 0.1) is 0 Å². The Hall–Kier alpha value is -0.960. The van der Waals surface area contributed by atoms with Gasteiger partial charge in [0.15, 0.2) is 12.0 Å². The van der Waals surface area contributed by atoms with Gasteiger partial charge in [-0.25, -0.2) is 4.98 Å². The lowest BCUT2D eigenvalue weighted by atomic mass is 10.3. The van der Waals surface area contributed by atoms with Crippen molar-refractivity contribution in [3.8, 4) is 0 Å². The van der Waals surface area contributed by atoms with E-state index in [1.165, 1.54) is 11.3 Å². The van der Waals surface area contributed by atoms with E-state index in [1.54, 1.807) is 11.8 Å². The first-order valence-corrected chi connectivity index (χ1v) is 4.50. The van der Waals surface area contributed by atoms with Gasteiger partial charge in [-0.1, -0.05) is 0 Å². The molecular weight excluding hydrogens is 158 g/mol. The Bertz CT molecular complexity index is 369. The van der Waals surface area contributed by atoms with Crippen LogP contribution in [0.4, 0.5) is 0 Å². The van der Waals surface area contributed by atoms with Crippen molar-refractivity contribution < 1.29 is 4.42 Å². The van der Waals surface area contributed by atoms with Crippen molar-refractivity contribution in [1.29, 1.82) is 0 Å². The van der Waals surface area contributed by atoms with Crippen LogP contribution in [-0.2, 0) is 0 Å². The first kappa shape index (κ1) is 6.73. The van der Waals surface area contributed by atoms with E-state index in [0.29, 0.717) is 0 Å². The molecule has 2 nitrogen and oxygen atoms in total. The Morgan fingerprint density at radius 2 is 2.36 bits per heavy atom. The number of fused-ring (bicyclic) bond motifs is 1. The number of oxazole rings is 1. The second kappa shape index (κ2) is 2.58. The normalized spacial score (nSPS) is 10.6. The fourth-order valence-electron chi connectivity index (χ4n) is 0.962. The fraction of sp³-hybridized carbons (Fsp3) is 0.125. The van der Waals surface area contributed by atoms with Crippen LogP contribution in [-0.4, -0.2) is 11.2 Å². The van der Waals surface area contributed by atoms with Crippen molar-refractivity contribution in [3.05, 3.63) is 24.6 Å². The molecule has 2 rings (SSSR count). The second-order valence-corrected chi connectivity index (χ2v) is 3.07. The van der Waals surface area contributed by atoms with E-state index in [1.807, 2.05) is 24.5 Å². The molecule has 56 valence electrons. The van der Waals surface area contributed by atoms with Crippen LogP contribution in [0.2, 0.25) is 0 Å². The predicted molar refractivity (Wildman–Crippen MR) is 45.8 cm³/mol. The lowest BCUT2D eigenvalue weighted by molar-refractivity contribution is 0.601. The average Bonchev–Trinajstić information content (AvgIpc) is 2.50. The van der Waals surface area contributed by atoms with Crippen LogP contribution in [0.3, 0.4) is 0 Å². The molecule has 1 aromatic carbocycles. The van der Waals surface area contributed by atoms with Gasteiger partial charge in [0.1, 0.15) is 5.52 Å². The Labute approximate surface area is 68.6 Å². The van der Waals surface area contributed by atoms with Crippen molar-refractivity contribution in [1.82, 2.24) is 4.98 Å². The second-order valence-electron chi connectivity index (χ2n) is 2.19. The summed E-state index contributed by atoms with van der Waals surface area (Å²) >= 11 is 1.70. The molecule has 1 heterocycles. The SMILES string of the molecule is CSc1ccc2ncoc2c1. The Balaban J connectivity index is 2.67. The Morgan fingerprint density at radius 3 is 3.18 bits per heavy atom. The number of aromatic nitrogens is 1. The standard InChI is InChI=1S/C8H7NOS/c1-11-6-2-3-7-8(4-6)10-5-9-7/h2-5H,1H3. The van der Waals surface area contributed by atoms with Gasteiger partial charge in [0.2, 0.25) is 0 Å². The first-order valence-electron chi connectivity index (χ1n) is 3.27. The van der Waals surface area contributed by atoms with Gasteiger partial charge in [-0.2, -0.15) is 0 Å². The zero-order valence-electron chi connectivity index (χ0n) is 6.07. The number of hydrogen-bond acceptors (Lipinski definition) is 3. The molecule has 0 fully saturated rings. The van der Waals surface area contributed by atoms with Crippen molar-refractivity contribution in [2.45, 2.75) is 4.90 Å². The number of benzene rings is 1. The molecule has 0 atom stereocenters. The van der Waals surface area contributed by atoms with Crippen LogP contribution in [0.1, 0.15) is 0 Å². The summed E-state index contributed by atoms with van der Waals surface area (Å²) in [6.45, 7) is 0. The molecule has 0 unspecified atom stereocenters. The van der Waals surface area contributed by atoms with Gasteiger partial charge in [0.25, 0.3) is 0 Å². The molecule has 0 spiro atoms. The lowest BCUT2D eigenvalue weighted by Crippen LogP contribution is -1.69. The van der Waals surface area contributed by atoms with Gasteiger partial charge in [-0.15, -0.1) is 11.8 Å². The minimum Gasteiger partial charge on any atom is -0.443 e. The first-order chi connectivity index (χ1) is 5.40. The number of hydrogen-bond donors (Lipinski definition) is 0. The maximum atomic E-state index is 5.14. The van der Waals surface area contributed by atoms with E-state index in [2.05, 4.69) is 4.98 Å².